The zero-order valence-corrected chi connectivity index (χ0v) is 8.87. The van der Waals surface area contributed by atoms with Gasteiger partial charge in [0, 0.05) is 10.0 Å². The fourth-order valence-electron chi connectivity index (χ4n) is 0.995. The third-order valence-corrected chi connectivity index (χ3v) is 2.36. The normalized spacial score (nSPS) is 9.57. The highest BCUT2D eigenvalue weighted by atomic mass is 79.9. The van der Waals surface area contributed by atoms with Gasteiger partial charge in [-0.25, -0.2) is 4.79 Å². The molecule has 0 aliphatic rings. The van der Waals surface area contributed by atoms with Crippen LogP contribution in [0.1, 0.15) is 20.7 Å². The Morgan fingerprint density at radius 1 is 1.57 bits per heavy atom. The van der Waals surface area contributed by atoms with E-state index < -0.39 is 5.97 Å². The highest BCUT2D eigenvalue weighted by Crippen LogP contribution is 2.26. The van der Waals surface area contributed by atoms with Crippen LogP contribution in [0.2, 0.25) is 0 Å². The zero-order chi connectivity index (χ0) is 10.7. The van der Waals surface area contributed by atoms with E-state index in [2.05, 4.69) is 15.9 Å². The molecule has 1 aromatic rings. The van der Waals surface area contributed by atoms with E-state index in [4.69, 9.17) is 9.84 Å². The van der Waals surface area contributed by atoms with Crippen LogP contribution < -0.4 is 4.74 Å². The van der Waals surface area contributed by atoms with Gasteiger partial charge >= 0.3 is 5.97 Å². The smallest absolute Gasteiger partial charge is 0.339 e. The van der Waals surface area contributed by atoms with Gasteiger partial charge in [0.15, 0.2) is 6.29 Å². The largest absolute Gasteiger partial charge is 0.496 e. The molecule has 0 aliphatic heterocycles. The summed E-state index contributed by atoms with van der Waals surface area (Å²) < 4.78 is 5.28. The zero-order valence-electron chi connectivity index (χ0n) is 7.28. The van der Waals surface area contributed by atoms with Crippen molar-refractivity contribution < 1.29 is 19.4 Å². The third kappa shape index (κ3) is 1.93. The molecule has 0 saturated carbocycles. The van der Waals surface area contributed by atoms with E-state index in [1.54, 1.807) is 0 Å². The molecule has 0 aliphatic carbocycles. The van der Waals surface area contributed by atoms with Gasteiger partial charge in [-0.15, -0.1) is 0 Å². The van der Waals surface area contributed by atoms with E-state index in [0.717, 1.165) is 0 Å². The maximum atomic E-state index is 10.7. The molecule has 0 bridgehead atoms. The lowest BCUT2D eigenvalue weighted by atomic mass is 10.1. The number of rotatable bonds is 3. The van der Waals surface area contributed by atoms with Crippen LogP contribution in [-0.4, -0.2) is 24.5 Å². The van der Waals surface area contributed by atoms with Gasteiger partial charge in [-0.2, -0.15) is 0 Å². The summed E-state index contributed by atoms with van der Waals surface area (Å²) in [6.45, 7) is 0. The summed E-state index contributed by atoms with van der Waals surface area (Å²) in [4.78, 5) is 21.3. The van der Waals surface area contributed by atoms with Gasteiger partial charge < -0.3 is 9.84 Å². The number of aldehydes is 1. The summed E-state index contributed by atoms with van der Waals surface area (Å²) in [7, 11) is 1.35. The van der Waals surface area contributed by atoms with Crippen molar-refractivity contribution >= 4 is 28.2 Å². The Labute approximate surface area is 88.6 Å². The van der Waals surface area contributed by atoms with Crippen molar-refractivity contribution in [2.24, 2.45) is 0 Å². The van der Waals surface area contributed by atoms with Gasteiger partial charge in [-0.05, 0) is 12.1 Å². The quantitative estimate of drug-likeness (QED) is 0.843. The Hall–Kier alpha value is -1.36. The first-order valence-electron chi connectivity index (χ1n) is 3.66. The van der Waals surface area contributed by atoms with Crippen molar-refractivity contribution in [3.8, 4) is 5.75 Å². The number of carboxylic acid groups (broad SMARTS) is 1. The number of carbonyl (C=O) groups excluding carboxylic acids is 1. The first kappa shape index (κ1) is 10.7. The number of benzene rings is 1. The van der Waals surface area contributed by atoms with Gasteiger partial charge in [-0.3, -0.25) is 4.79 Å². The number of ether oxygens (including phenoxy) is 1. The first-order valence-corrected chi connectivity index (χ1v) is 4.45. The summed E-state index contributed by atoms with van der Waals surface area (Å²) in [5.41, 5.74) is 0.372. The van der Waals surface area contributed by atoms with E-state index in [-0.39, 0.29) is 11.3 Å². The van der Waals surface area contributed by atoms with Crippen LogP contribution in [0.4, 0.5) is 0 Å². The number of hydrogen-bond donors (Lipinski definition) is 1. The molecule has 74 valence electrons. The minimum atomic E-state index is -1.10. The van der Waals surface area contributed by atoms with Gasteiger partial charge in [0.05, 0.1) is 7.11 Å². The Morgan fingerprint density at radius 2 is 2.21 bits per heavy atom. The predicted octanol–water partition coefficient (Wildman–Crippen LogP) is 1.97. The summed E-state index contributed by atoms with van der Waals surface area (Å²) in [5, 5.41) is 8.80. The highest BCUT2D eigenvalue weighted by molar-refractivity contribution is 9.10. The molecular formula is C9H7BrO4. The van der Waals surface area contributed by atoms with E-state index >= 15 is 0 Å². The maximum Gasteiger partial charge on any atom is 0.339 e. The van der Waals surface area contributed by atoms with Crippen LogP contribution in [0.15, 0.2) is 16.6 Å². The van der Waals surface area contributed by atoms with Crippen LogP contribution in [0.25, 0.3) is 0 Å². The number of halogens is 1. The SMILES string of the molecule is COc1cc(C=O)c(Br)cc1C(=O)O. The van der Waals surface area contributed by atoms with Crippen molar-refractivity contribution in [3.05, 3.63) is 27.7 Å². The van der Waals surface area contributed by atoms with Crippen molar-refractivity contribution in [1.29, 1.82) is 0 Å². The third-order valence-electron chi connectivity index (χ3n) is 1.68. The van der Waals surface area contributed by atoms with Gasteiger partial charge in [0.1, 0.15) is 11.3 Å². The lowest BCUT2D eigenvalue weighted by Gasteiger charge is -2.06. The predicted molar refractivity (Wildman–Crippen MR) is 53.0 cm³/mol. The molecule has 4 nitrogen and oxygen atoms in total. The molecule has 0 fully saturated rings. The van der Waals surface area contributed by atoms with Crippen LogP contribution in [0, 0.1) is 0 Å². The summed E-state index contributed by atoms with van der Waals surface area (Å²) in [6, 6.07) is 2.71. The minimum absolute atomic E-state index is 0.0185. The van der Waals surface area contributed by atoms with Crippen molar-refractivity contribution in [1.82, 2.24) is 0 Å². The molecule has 0 spiro atoms. The lowest BCUT2D eigenvalue weighted by Crippen LogP contribution is -2.01. The fourth-order valence-corrected chi connectivity index (χ4v) is 1.43. The Kier molecular flexibility index (Phi) is 3.24. The average Bonchev–Trinajstić information content (AvgIpc) is 2.17. The van der Waals surface area contributed by atoms with E-state index in [1.807, 2.05) is 0 Å². The number of carbonyl (C=O) groups is 2. The fraction of sp³-hybridized carbons (Fsp3) is 0.111. The molecule has 0 heterocycles. The van der Waals surface area contributed by atoms with E-state index in [1.165, 1.54) is 19.2 Å². The Bertz CT molecular complexity index is 387. The summed E-state index contributed by atoms with van der Waals surface area (Å²) in [6.07, 6.45) is 0.623. The van der Waals surface area contributed by atoms with E-state index in [0.29, 0.717) is 16.3 Å². The van der Waals surface area contributed by atoms with Crippen LogP contribution in [0.3, 0.4) is 0 Å². The second-order valence-electron chi connectivity index (χ2n) is 2.50. The minimum Gasteiger partial charge on any atom is -0.496 e. The maximum absolute atomic E-state index is 10.7. The molecule has 14 heavy (non-hydrogen) atoms. The van der Waals surface area contributed by atoms with Crippen molar-refractivity contribution in [2.45, 2.75) is 0 Å². The average molecular weight is 259 g/mol. The monoisotopic (exact) mass is 258 g/mol. The van der Waals surface area contributed by atoms with Gasteiger partial charge in [0.25, 0.3) is 0 Å². The van der Waals surface area contributed by atoms with Crippen molar-refractivity contribution in [2.75, 3.05) is 7.11 Å². The molecule has 0 unspecified atom stereocenters. The van der Waals surface area contributed by atoms with Crippen LogP contribution >= 0.6 is 15.9 Å². The molecule has 0 amide bonds. The Morgan fingerprint density at radius 3 is 2.64 bits per heavy atom. The molecule has 1 N–H and O–H groups in total. The van der Waals surface area contributed by atoms with Gasteiger partial charge in [0.2, 0.25) is 0 Å². The molecule has 5 heteroatoms. The summed E-state index contributed by atoms with van der Waals surface area (Å²) >= 11 is 3.09. The molecule has 0 saturated heterocycles. The van der Waals surface area contributed by atoms with Crippen LogP contribution in [0.5, 0.6) is 5.75 Å². The second kappa shape index (κ2) is 4.23. The molecule has 0 aromatic heterocycles. The molecule has 0 atom stereocenters. The molecule has 1 aromatic carbocycles. The lowest BCUT2D eigenvalue weighted by molar-refractivity contribution is 0.0693. The standard InChI is InChI=1S/C9H7BrO4/c1-14-8-2-5(4-11)7(10)3-6(8)9(12)13/h2-4H,1H3,(H,12,13). The first-order chi connectivity index (χ1) is 6.60. The van der Waals surface area contributed by atoms with Crippen molar-refractivity contribution in [3.63, 3.8) is 0 Å². The second-order valence-corrected chi connectivity index (χ2v) is 3.35. The van der Waals surface area contributed by atoms with Crippen LogP contribution in [-0.2, 0) is 0 Å². The molecule has 0 radical (unpaired) electrons. The number of aromatic carboxylic acids is 1. The molecule has 1 rings (SSSR count). The number of carboxylic acids is 1. The summed E-state index contributed by atoms with van der Waals surface area (Å²) in [5.74, 6) is -0.928. The van der Waals surface area contributed by atoms with E-state index in [9.17, 15) is 9.59 Å². The number of methoxy groups -OCH3 is 1. The molecular weight excluding hydrogens is 252 g/mol. The topological polar surface area (TPSA) is 63.6 Å². The Balaban J connectivity index is 3.38. The van der Waals surface area contributed by atoms with Gasteiger partial charge in [-0.1, -0.05) is 15.9 Å². The number of hydrogen-bond acceptors (Lipinski definition) is 3. The highest BCUT2D eigenvalue weighted by Gasteiger charge is 2.13.